The van der Waals surface area contributed by atoms with Crippen LogP contribution in [0.25, 0.3) is 0 Å². The summed E-state index contributed by atoms with van der Waals surface area (Å²) in [5.41, 5.74) is 3.74. The third kappa shape index (κ3) is 8.36. The van der Waals surface area contributed by atoms with Crippen LogP contribution in [0.1, 0.15) is 41.2 Å². The molecule has 4 rings (SSSR count). The van der Waals surface area contributed by atoms with Crippen LogP contribution in [0.4, 0.5) is 10.1 Å². The molecule has 2 amide bonds. The van der Waals surface area contributed by atoms with Crippen molar-refractivity contribution in [2.45, 2.75) is 58.0 Å². The van der Waals surface area contributed by atoms with Gasteiger partial charge in [0.15, 0.2) is 0 Å². The lowest BCUT2D eigenvalue weighted by atomic mass is 10.0. The molecule has 0 saturated carbocycles. The Morgan fingerprint density at radius 2 is 1.49 bits per heavy atom. The fraction of sp³-hybridized carbons (Fsp3) is 0.278. The van der Waals surface area contributed by atoms with Crippen molar-refractivity contribution in [1.82, 2.24) is 10.2 Å². The van der Waals surface area contributed by atoms with Crippen LogP contribution in [0.3, 0.4) is 0 Å². The second-order valence-electron chi connectivity index (χ2n) is 11.2. The summed E-state index contributed by atoms with van der Waals surface area (Å²) in [7, 11) is -4.23. The number of carbonyl (C=O) groups is 2. The van der Waals surface area contributed by atoms with Gasteiger partial charge in [-0.3, -0.25) is 13.9 Å². The SMILES string of the molecule is CCCNC(=O)[C@H](Cc1ccccc1)N(Cc1ccccc1F)C(=O)CN(c1cc(C)ccc1C)S(=O)(=O)c1ccc(C)cc1. The van der Waals surface area contributed by atoms with E-state index < -0.39 is 40.2 Å². The van der Waals surface area contributed by atoms with Gasteiger partial charge in [-0.1, -0.05) is 85.3 Å². The monoisotopic (exact) mass is 629 g/mol. The Balaban J connectivity index is 1.83. The van der Waals surface area contributed by atoms with Crippen LogP contribution in [0.2, 0.25) is 0 Å². The number of rotatable bonds is 13. The van der Waals surface area contributed by atoms with Gasteiger partial charge >= 0.3 is 0 Å². The predicted molar refractivity (Wildman–Crippen MR) is 176 cm³/mol. The van der Waals surface area contributed by atoms with Crippen molar-refractivity contribution in [2.24, 2.45) is 0 Å². The quantitative estimate of drug-likeness (QED) is 0.193. The number of amides is 2. The summed E-state index contributed by atoms with van der Waals surface area (Å²) in [6.07, 6.45) is 0.838. The van der Waals surface area contributed by atoms with Crippen LogP contribution in [-0.4, -0.2) is 44.3 Å². The van der Waals surface area contributed by atoms with Crippen LogP contribution >= 0.6 is 0 Å². The fourth-order valence-corrected chi connectivity index (χ4v) is 6.54. The van der Waals surface area contributed by atoms with Crippen molar-refractivity contribution in [3.05, 3.63) is 131 Å². The second kappa shape index (κ2) is 15.0. The first kappa shape index (κ1) is 33.4. The highest BCUT2D eigenvalue weighted by atomic mass is 32.2. The minimum atomic E-state index is -4.23. The molecule has 9 heteroatoms. The average Bonchev–Trinajstić information content (AvgIpc) is 3.03. The molecular formula is C36H40FN3O4S. The Morgan fingerprint density at radius 1 is 0.844 bits per heavy atom. The summed E-state index contributed by atoms with van der Waals surface area (Å²) in [6, 6.07) is 26.1. The van der Waals surface area contributed by atoms with Crippen LogP contribution in [0.5, 0.6) is 0 Å². The molecule has 236 valence electrons. The lowest BCUT2D eigenvalue weighted by Gasteiger charge is -2.34. The first-order chi connectivity index (χ1) is 21.5. The molecule has 0 unspecified atom stereocenters. The minimum Gasteiger partial charge on any atom is -0.354 e. The van der Waals surface area contributed by atoms with Crippen LogP contribution < -0.4 is 9.62 Å². The van der Waals surface area contributed by atoms with Gasteiger partial charge in [0.2, 0.25) is 11.8 Å². The topological polar surface area (TPSA) is 86.8 Å². The summed E-state index contributed by atoms with van der Waals surface area (Å²) < 4.78 is 44.6. The second-order valence-corrected chi connectivity index (χ2v) is 13.1. The summed E-state index contributed by atoms with van der Waals surface area (Å²) in [5, 5.41) is 2.89. The standard InChI is InChI=1S/C36H40FN3O4S/c1-5-21-38-36(42)34(23-29-11-7-6-8-12-29)39(24-30-13-9-10-14-32(30)37)35(41)25-40(33-22-27(3)15-18-28(33)4)45(43,44)31-19-16-26(2)17-20-31/h6-20,22,34H,5,21,23-25H2,1-4H3,(H,38,42)/t34-/m0/s1. The van der Waals surface area contributed by atoms with Gasteiger partial charge in [-0.25, -0.2) is 12.8 Å². The lowest BCUT2D eigenvalue weighted by Crippen LogP contribution is -2.53. The Labute approximate surface area is 265 Å². The molecule has 4 aromatic rings. The average molecular weight is 630 g/mol. The zero-order valence-corrected chi connectivity index (χ0v) is 27.0. The number of halogens is 1. The minimum absolute atomic E-state index is 0.0315. The Bertz CT molecular complexity index is 1730. The number of anilines is 1. The molecule has 0 fully saturated rings. The van der Waals surface area contributed by atoms with Crippen molar-refractivity contribution in [3.8, 4) is 0 Å². The molecule has 0 aliphatic heterocycles. The largest absolute Gasteiger partial charge is 0.354 e. The van der Waals surface area contributed by atoms with Crippen LogP contribution in [0.15, 0.2) is 102 Å². The molecule has 0 aromatic heterocycles. The smallest absolute Gasteiger partial charge is 0.264 e. The number of hydrogen-bond acceptors (Lipinski definition) is 4. The molecule has 0 spiro atoms. The van der Waals surface area contributed by atoms with Gasteiger partial charge in [0, 0.05) is 25.1 Å². The number of carbonyl (C=O) groups excluding carboxylic acids is 2. The maximum absolute atomic E-state index is 15.0. The summed E-state index contributed by atoms with van der Waals surface area (Å²) in [6.45, 7) is 6.98. The van der Waals surface area contributed by atoms with E-state index in [2.05, 4.69) is 5.32 Å². The van der Waals surface area contributed by atoms with E-state index in [1.165, 1.54) is 23.1 Å². The lowest BCUT2D eigenvalue weighted by molar-refractivity contribution is -0.140. The molecule has 7 nitrogen and oxygen atoms in total. The van der Waals surface area contributed by atoms with Gasteiger partial charge < -0.3 is 10.2 Å². The van der Waals surface area contributed by atoms with Crippen LogP contribution in [-0.2, 0) is 32.6 Å². The molecule has 0 aliphatic carbocycles. The van der Waals surface area contributed by atoms with E-state index >= 15 is 4.39 Å². The van der Waals surface area contributed by atoms with Gasteiger partial charge in [-0.2, -0.15) is 0 Å². The van der Waals surface area contributed by atoms with Gasteiger partial charge in [0.25, 0.3) is 10.0 Å². The number of hydrogen-bond donors (Lipinski definition) is 1. The van der Waals surface area contributed by atoms with Crippen molar-refractivity contribution >= 4 is 27.5 Å². The normalized spacial score (nSPS) is 11.9. The molecule has 0 saturated heterocycles. The Morgan fingerprint density at radius 3 is 2.16 bits per heavy atom. The molecule has 1 atom stereocenters. The van der Waals surface area contributed by atoms with Gasteiger partial charge in [-0.05, 0) is 68.1 Å². The van der Waals surface area contributed by atoms with E-state index in [1.54, 1.807) is 49.4 Å². The van der Waals surface area contributed by atoms with Gasteiger partial charge in [-0.15, -0.1) is 0 Å². The third-order valence-electron chi connectivity index (χ3n) is 7.64. The highest BCUT2D eigenvalue weighted by Crippen LogP contribution is 2.29. The maximum atomic E-state index is 15.0. The van der Waals surface area contributed by atoms with E-state index in [0.29, 0.717) is 24.2 Å². The van der Waals surface area contributed by atoms with Crippen molar-refractivity contribution in [1.29, 1.82) is 0 Å². The zero-order valence-electron chi connectivity index (χ0n) is 26.2. The fourth-order valence-electron chi connectivity index (χ4n) is 5.07. The predicted octanol–water partition coefficient (Wildman–Crippen LogP) is 6.11. The van der Waals surface area contributed by atoms with E-state index in [-0.39, 0.29) is 23.4 Å². The first-order valence-electron chi connectivity index (χ1n) is 15.0. The number of sulfonamides is 1. The first-order valence-corrected chi connectivity index (χ1v) is 16.5. The molecule has 1 N–H and O–H groups in total. The Hall–Kier alpha value is -4.50. The summed E-state index contributed by atoms with van der Waals surface area (Å²) in [5.74, 6) is -1.56. The highest BCUT2D eigenvalue weighted by Gasteiger charge is 2.35. The van der Waals surface area contributed by atoms with Gasteiger partial charge in [0.05, 0.1) is 10.6 Å². The molecule has 0 radical (unpaired) electrons. The highest BCUT2D eigenvalue weighted by molar-refractivity contribution is 7.92. The molecule has 4 aromatic carbocycles. The van der Waals surface area contributed by atoms with Crippen molar-refractivity contribution in [2.75, 3.05) is 17.4 Å². The number of nitrogens with zero attached hydrogens (tertiary/aromatic N) is 2. The zero-order chi connectivity index (χ0) is 32.6. The van der Waals surface area contributed by atoms with Gasteiger partial charge in [0.1, 0.15) is 18.4 Å². The number of aryl methyl sites for hydroxylation is 3. The van der Waals surface area contributed by atoms with E-state index in [9.17, 15) is 18.0 Å². The van der Waals surface area contributed by atoms with E-state index in [1.807, 2.05) is 57.2 Å². The van der Waals surface area contributed by atoms with E-state index in [0.717, 1.165) is 21.0 Å². The molecular weight excluding hydrogens is 589 g/mol. The van der Waals surface area contributed by atoms with Crippen molar-refractivity contribution < 1.29 is 22.4 Å². The summed E-state index contributed by atoms with van der Waals surface area (Å²) in [4.78, 5) is 29.5. The van der Waals surface area contributed by atoms with Crippen molar-refractivity contribution in [3.63, 3.8) is 0 Å². The molecule has 0 heterocycles. The van der Waals surface area contributed by atoms with E-state index in [4.69, 9.17) is 0 Å². The molecule has 45 heavy (non-hydrogen) atoms. The number of nitrogens with one attached hydrogen (secondary N) is 1. The van der Waals surface area contributed by atoms with Crippen LogP contribution in [0, 0.1) is 26.6 Å². The molecule has 0 aliphatic rings. The Kier molecular flexibility index (Phi) is 11.1. The molecule has 0 bridgehead atoms. The number of benzene rings is 4. The third-order valence-corrected chi connectivity index (χ3v) is 9.41. The maximum Gasteiger partial charge on any atom is 0.264 e. The summed E-state index contributed by atoms with van der Waals surface area (Å²) >= 11 is 0.